The molecule has 2 aromatic rings. The monoisotopic (exact) mass is 264 g/mol. The van der Waals surface area contributed by atoms with Gasteiger partial charge in [-0.1, -0.05) is 53.2 Å². The van der Waals surface area contributed by atoms with E-state index in [0.717, 1.165) is 16.6 Å². The summed E-state index contributed by atoms with van der Waals surface area (Å²) in [5.74, 6) is 0.861. The molecule has 2 nitrogen and oxygen atoms in total. The molecule has 1 heterocycles. The van der Waals surface area contributed by atoms with E-state index in [1.54, 1.807) is 17.8 Å². The van der Waals surface area contributed by atoms with Gasteiger partial charge in [0.25, 0.3) is 0 Å². The van der Waals surface area contributed by atoms with Gasteiger partial charge in [0.05, 0.1) is 0 Å². The fraction of sp³-hybridized carbons (Fsp3) is 0.231. The summed E-state index contributed by atoms with van der Waals surface area (Å²) in [6.07, 6.45) is 0. The molecule has 0 spiro atoms. The largest absolute Gasteiger partial charge is 0.228 e. The highest BCUT2D eigenvalue weighted by Crippen LogP contribution is 2.21. The molecule has 0 saturated heterocycles. The maximum Gasteiger partial charge on any atom is 0.189 e. The normalized spacial score (nSPS) is 10.5. The summed E-state index contributed by atoms with van der Waals surface area (Å²) in [7, 11) is 0. The zero-order valence-corrected chi connectivity index (χ0v) is 11.3. The standard InChI is InChI=1S/C13H13ClN2S/c1-9-3-5-11(6-4-9)8-17-13-15-10(2)7-12(14)16-13/h3-7H,8H2,1-2H3. The van der Waals surface area contributed by atoms with Crippen LogP contribution in [0.1, 0.15) is 16.8 Å². The van der Waals surface area contributed by atoms with Gasteiger partial charge in [-0.3, -0.25) is 0 Å². The van der Waals surface area contributed by atoms with E-state index >= 15 is 0 Å². The SMILES string of the molecule is Cc1ccc(CSc2nc(C)cc(Cl)n2)cc1. The van der Waals surface area contributed by atoms with Crippen LogP contribution >= 0.6 is 23.4 Å². The van der Waals surface area contributed by atoms with Crippen molar-refractivity contribution in [2.75, 3.05) is 0 Å². The Balaban J connectivity index is 2.04. The molecule has 0 fully saturated rings. The van der Waals surface area contributed by atoms with Crippen molar-refractivity contribution in [3.63, 3.8) is 0 Å². The molecule has 0 atom stereocenters. The predicted molar refractivity (Wildman–Crippen MR) is 72.5 cm³/mol. The van der Waals surface area contributed by atoms with Crippen LogP contribution < -0.4 is 0 Å². The van der Waals surface area contributed by atoms with Gasteiger partial charge in [0.15, 0.2) is 5.16 Å². The number of thioether (sulfide) groups is 1. The summed E-state index contributed by atoms with van der Waals surface area (Å²) in [6, 6.07) is 10.2. The van der Waals surface area contributed by atoms with Crippen LogP contribution in [0, 0.1) is 13.8 Å². The Morgan fingerprint density at radius 2 is 1.82 bits per heavy atom. The second-order valence-electron chi connectivity index (χ2n) is 3.89. The van der Waals surface area contributed by atoms with Crippen LogP contribution in [0.4, 0.5) is 0 Å². The second-order valence-corrected chi connectivity index (χ2v) is 5.22. The van der Waals surface area contributed by atoms with Gasteiger partial charge in [-0.05, 0) is 25.5 Å². The molecule has 0 bridgehead atoms. The third-order valence-corrected chi connectivity index (χ3v) is 3.40. The van der Waals surface area contributed by atoms with Crippen molar-refractivity contribution in [3.05, 3.63) is 52.3 Å². The summed E-state index contributed by atoms with van der Waals surface area (Å²) in [6.45, 7) is 4.00. The summed E-state index contributed by atoms with van der Waals surface area (Å²) in [5, 5.41) is 1.24. The Labute approximate surface area is 110 Å². The number of aromatic nitrogens is 2. The fourth-order valence-electron chi connectivity index (χ4n) is 1.40. The molecule has 0 amide bonds. The van der Waals surface area contributed by atoms with E-state index in [0.29, 0.717) is 5.15 Å². The molecular formula is C13H13ClN2S. The number of hydrogen-bond acceptors (Lipinski definition) is 3. The lowest BCUT2D eigenvalue weighted by molar-refractivity contribution is 0.932. The van der Waals surface area contributed by atoms with Crippen LogP contribution in [0.5, 0.6) is 0 Å². The first kappa shape index (κ1) is 12.4. The van der Waals surface area contributed by atoms with Gasteiger partial charge in [0.1, 0.15) is 5.15 Å². The van der Waals surface area contributed by atoms with Gasteiger partial charge >= 0.3 is 0 Å². The maximum atomic E-state index is 5.89. The Bertz CT molecular complexity index is 491. The van der Waals surface area contributed by atoms with Crippen molar-refractivity contribution < 1.29 is 0 Å². The first-order valence-electron chi connectivity index (χ1n) is 5.33. The minimum Gasteiger partial charge on any atom is -0.228 e. The van der Waals surface area contributed by atoms with Gasteiger partial charge < -0.3 is 0 Å². The van der Waals surface area contributed by atoms with Crippen LogP contribution in [0.3, 0.4) is 0 Å². The summed E-state index contributed by atoms with van der Waals surface area (Å²) < 4.78 is 0. The van der Waals surface area contributed by atoms with Crippen LogP contribution in [0.25, 0.3) is 0 Å². The summed E-state index contributed by atoms with van der Waals surface area (Å²) in [4.78, 5) is 8.52. The van der Waals surface area contributed by atoms with Gasteiger partial charge in [0.2, 0.25) is 0 Å². The molecule has 17 heavy (non-hydrogen) atoms. The van der Waals surface area contributed by atoms with E-state index in [1.807, 2.05) is 6.92 Å². The molecule has 0 aliphatic heterocycles. The lowest BCUT2D eigenvalue weighted by atomic mass is 10.2. The average molecular weight is 265 g/mol. The number of hydrogen-bond donors (Lipinski definition) is 0. The predicted octanol–water partition coefficient (Wildman–Crippen LogP) is 4.04. The number of aryl methyl sites for hydroxylation is 2. The maximum absolute atomic E-state index is 5.89. The van der Waals surface area contributed by atoms with E-state index in [9.17, 15) is 0 Å². The highest BCUT2D eigenvalue weighted by molar-refractivity contribution is 7.98. The first-order chi connectivity index (χ1) is 8.13. The van der Waals surface area contributed by atoms with E-state index in [1.165, 1.54) is 11.1 Å². The van der Waals surface area contributed by atoms with Crippen molar-refractivity contribution in [1.29, 1.82) is 0 Å². The Morgan fingerprint density at radius 3 is 2.47 bits per heavy atom. The molecule has 88 valence electrons. The fourth-order valence-corrected chi connectivity index (χ4v) is 2.55. The molecular weight excluding hydrogens is 252 g/mol. The molecule has 4 heteroatoms. The molecule has 0 saturated carbocycles. The van der Waals surface area contributed by atoms with Gasteiger partial charge in [-0.15, -0.1) is 0 Å². The first-order valence-corrected chi connectivity index (χ1v) is 6.69. The van der Waals surface area contributed by atoms with Crippen LogP contribution in [0.2, 0.25) is 5.15 Å². The van der Waals surface area contributed by atoms with Gasteiger partial charge in [-0.25, -0.2) is 9.97 Å². The van der Waals surface area contributed by atoms with Gasteiger partial charge in [-0.2, -0.15) is 0 Å². The molecule has 1 aromatic heterocycles. The topological polar surface area (TPSA) is 25.8 Å². The van der Waals surface area contributed by atoms with Crippen LogP contribution in [0.15, 0.2) is 35.5 Å². The minimum absolute atomic E-state index is 0.504. The zero-order valence-electron chi connectivity index (χ0n) is 9.77. The third kappa shape index (κ3) is 3.72. The highest BCUT2D eigenvalue weighted by Gasteiger charge is 2.02. The van der Waals surface area contributed by atoms with E-state index in [4.69, 9.17) is 11.6 Å². The molecule has 0 radical (unpaired) electrons. The molecule has 0 N–H and O–H groups in total. The van der Waals surface area contributed by atoms with Crippen molar-refractivity contribution >= 4 is 23.4 Å². The number of halogens is 1. The van der Waals surface area contributed by atoms with E-state index in [-0.39, 0.29) is 0 Å². The summed E-state index contributed by atoms with van der Waals surface area (Å²) in [5.41, 5.74) is 3.44. The van der Waals surface area contributed by atoms with E-state index in [2.05, 4.69) is 41.2 Å². The quantitative estimate of drug-likeness (QED) is 0.475. The molecule has 2 rings (SSSR count). The van der Waals surface area contributed by atoms with Crippen molar-refractivity contribution in [1.82, 2.24) is 9.97 Å². The summed E-state index contributed by atoms with van der Waals surface area (Å²) >= 11 is 7.49. The van der Waals surface area contributed by atoms with Crippen molar-refractivity contribution in [3.8, 4) is 0 Å². The second kappa shape index (κ2) is 5.52. The lowest BCUT2D eigenvalue weighted by Gasteiger charge is -2.03. The van der Waals surface area contributed by atoms with Crippen LogP contribution in [-0.4, -0.2) is 9.97 Å². The Kier molecular flexibility index (Phi) is 4.02. The molecule has 0 unspecified atom stereocenters. The average Bonchev–Trinajstić information content (AvgIpc) is 2.27. The Hall–Kier alpha value is -1.06. The molecule has 0 aliphatic rings. The van der Waals surface area contributed by atoms with E-state index < -0.39 is 0 Å². The lowest BCUT2D eigenvalue weighted by Crippen LogP contribution is -1.91. The Morgan fingerprint density at radius 1 is 1.12 bits per heavy atom. The van der Waals surface area contributed by atoms with Gasteiger partial charge in [0, 0.05) is 11.4 Å². The minimum atomic E-state index is 0.504. The third-order valence-electron chi connectivity index (χ3n) is 2.29. The van der Waals surface area contributed by atoms with Crippen molar-refractivity contribution in [2.45, 2.75) is 24.8 Å². The highest BCUT2D eigenvalue weighted by atomic mass is 35.5. The number of benzene rings is 1. The zero-order chi connectivity index (χ0) is 12.3. The smallest absolute Gasteiger partial charge is 0.189 e. The molecule has 0 aliphatic carbocycles. The molecule has 1 aromatic carbocycles. The van der Waals surface area contributed by atoms with Crippen molar-refractivity contribution in [2.24, 2.45) is 0 Å². The number of rotatable bonds is 3. The number of nitrogens with zero attached hydrogens (tertiary/aromatic N) is 2. The van der Waals surface area contributed by atoms with Crippen LogP contribution in [-0.2, 0) is 5.75 Å².